The smallest absolute Gasteiger partial charge is 0.251 e. The van der Waals surface area contributed by atoms with Crippen LogP contribution < -0.4 is 25.4 Å². The van der Waals surface area contributed by atoms with Crippen molar-refractivity contribution in [3.63, 3.8) is 0 Å². The molecule has 0 saturated heterocycles. The number of nitrogens with zero attached hydrogens (tertiary/aromatic N) is 2. The third-order valence-electron chi connectivity index (χ3n) is 7.02. The molecule has 0 radical (unpaired) electrons. The maximum absolute atomic E-state index is 13.8. The summed E-state index contributed by atoms with van der Waals surface area (Å²) in [6, 6.07) is 18.0. The summed E-state index contributed by atoms with van der Waals surface area (Å²) in [7, 11) is -1.05. The molecule has 13 heteroatoms. The Bertz CT molecular complexity index is 1820. The van der Waals surface area contributed by atoms with Crippen molar-refractivity contribution in [3.05, 3.63) is 83.0 Å². The fraction of sp³-hybridized carbons (Fsp3) is 0.303. The van der Waals surface area contributed by atoms with Gasteiger partial charge in [-0.1, -0.05) is 11.6 Å². The number of rotatable bonds is 14. The molecule has 0 bridgehead atoms. The monoisotopic (exact) mass is 667 g/mol. The zero-order valence-electron chi connectivity index (χ0n) is 26.4. The number of sulfonamides is 1. The summed E-state index contributed by atoms with van der Waals surface area (Å²) >= 11 is 6.24. The summed E-state index contributed by atoms with van der Waals surface area (Å²) in [5.74, 6) is 0.131. The average Bonchev–Trinajstić information content (AvgIpc) is 3.02. The number of ether oxygens (including phenoxy) is 2. The molecule has 0 fully saturated rings. The Kier molecular flexibility index (Phi) is 11.4. The molecule has 244 valence electrons. The van der Waals surface area contributed by atoms with Gasteiger partial charge in [-0.25, -0.2) is 8.42 Å². The summed E-state index contributed by atoms with van der Waals surface area (Å²) < 4.78 is 39.4. The number of carbonyl (C=O) groups is 2. The van der Waals surface area contributed by atoms with Crippen LogP contribution in [0.4, 0.5) is 11.4 Å². The predicted octanol–water partition coefficient (Wildman–Crippen LogP) is 5.48. The highest BCUT2D eigenvalue weighted by Gasteiger charge is 2.25. The number of nitrogens with one attached hydrogen (secondary N) is 3. The molecule has 46 heavy (non-hydrogen) atoms. The molecule has 4 rings (SSSR count). The lowest BCUT2D eigenvalue weighted by Gasteiger charge is -2.23. The minimum Gasteiger partial charge on any atom is -0.497 e. The van der Waals surface area contributed by atoms with Gasteiger partial charge in [-0.3, -0.25) is 14.6 Å². The molecule has 2 amide bonds. The van der Waals surface area contributed by atoms with Gasteiger partial charge in [0.25, 0.3) is 5.91 Å². The Morgan fingerprint density at radius 2 is 1.67 bits per heavy atom. The Hall–Kier alpha value is -4.39. The number of amides is 2. The van der Waals surface area contributed by atoms with Gasteiger partial charge in [0.2, 0.25) is 15.9 Å². The Labute approximate surface area is 274 Å². The second-order valence-electron chi connectivity index (χ2n) is 10.8. The van der Waals surface area contributed by atoms with Crippen LogP contribution in [0.3, 0.4) is 0 Å². The van der Waals surface area contributed by atoms with Crippen LogP contribution in [-0.2, 0) is 14.8 Å². The number of hydrogen-bond donors (Lipinski definition) is 3. The number of fused-ring (bicyclic) bond motifs is 1. The van der Waals surface area contributed by atoms with E-state index in [-0.39, 0.29) is 42.9 Å². The van der Waals surface area contributed by atoms with Gasteiger partial charge < -0.3 is 25.4 Å². The molecule has 0 atom stereocenters. The molecule has 0 unspecified atom stereocenters. The molecule has 3 aromatic carbocycles. The molecule has 4 aromatic rings. The number of anilines is 2. The van der Waals surface area contributed by atoms with Crippen molar-refractivity contribution >= 4 is 55.7 Å². The molecular weight excluding hydrogens is 630 g/mol. The maximum Gasteiger partial charge on any atom is 0.251 e. The fourth-order valence-corrected chi connectivity index (χ4v) is 6.37. The first-order valence-corrected chi connectivity index (χ1v) is 16.5. The van der Waals surface area contributed by atoms with Crippen LogP contribution >= 0.6 is 11.6 Å². The van der Waals surface area contributed by atoms with Crippen molar-refractivity contribution in [1.82, 2.24) is 14.6 Å². The van der Waals surface area contributed by atoms with E-state index in [4.69, 9.17) is 21.1 Å². The number of aromatic nitrogens is 1. The number of pyridine rings is 1. The van der Waals surface area contributed by atoms with Crippen molar-refractivity contribution in [1.29, 1.82) is 0 Å². The lowest BCUT2D eigenvalue weighted by Crippen LogP contribution is -2.37. The van der Waals surface area contributed by atoms with E-state index in [1.54, 1.807) is 36.4 Å². The highest BCUT2D eigenvalue weighted by molar-refractivity contribution is 7.89. The number of methoxy groups -OCH3 is 2. The van der Waals surface area contributed by atoms with Crippen molar-refractivity contribution in [2.75, 3.05) is 44.5 Å². The number of benzene rings is 3. The van der Waals surface area contributed by atoms with E-state index in [0.29, 0.717) is 27.8 Å². The summed E-state index contributed by atoms with van der Waals surface area (Å²) in [4.78, 5) is 30.1. The van der Waals surface area contributed by atoms with E-state index >= 15 is 0 Å². The normalized spacial score (nSPS) is 11.5. The van der Waals surface area contributed by atoms with Gasteiger partial charge in [0.05, 0.1) is 30.3 Å². The van der Waals surface area contributed by atoms with Crippen LogP contribution in [0.1, 0.15) is 36.3 Å². The number of aryl methyl sites for hydroxylation is 1. The molecule has 1 aromatic heterocycles. The lowest BCUT2D eigenvalue weighted by atomic mass is 10.1. The molecular formula is C33H38ClN5O6S. The zero-order valence-corrected chi connectivity index (χ0v) is 28.0. The van der Waals surface area contributed by atoms with Crippen LogP contribution in [0.25, 0.3) is 10.9 Å². The van der Waals surface area contributed by atoms with Gasteiger partial charge in [0.1, 0.15) is 11.5 Å². The molecule has 1 heterocycles. The molecule has 0 spiro atoms. The second kappa shape index (κ2) is 15.3. The van der Waals surface area contributed by atoms with Gasteiger partial charge >= 0.3 is 0 Å². The first-order chi connectivity index (χ1) is 21.9. The van der Waals surface area contributed by atoms with E-state index in [9.17, 15) is 18.0 Å². The van der Waals surface area contributed by atoms with Gasteiger partial charge in [0.15, 0.2) is 0 Å². The Morgan fingerprint density at radius 1 is 0.935 bits per heavy atom. The summed E-state index contributed by atoms with van der Waals surface area (Å²) in [5, 5.41) is 10.3. The fourth-order valence-electron chi connectivity index (χ4n) is 4.76. The van der Waals surface area contributed by atoms with Crippen molar-refractivity contribution < 1.29 is 27.5 Å². The topological polar surface area (TPSA) is 139 Å². The standard InChI is InChI=1S/C33H38ClN5O6S/c1-21(2)36-33(41)23-6-12-29(31(19-23)45-5)38-32(40)14-16-39(46(42,43)26-10-8-25(44-4)9-11-26)17-15-35-30-18-22(3)37-28-13-7-24(34)20-27(28)30/h6-13,18-21H,14-17H2,1-5H3,(H,35,37)(H,36,41)(H,38,40). The van der Waals surface area contributed by atoms with E-state index < -0.39 is 15.9 Å². The van der Waals surface area contributed by atoms with Gasteiger partial charge in [0, 0.05) is 59.5 Å². The van der Waals surface area contributed by atoms with Crippen LogP contribution in [0.15, 0.2) is 71.6 Å². The van der Waals surface area contributed by atoms with Crippen LogP contribution in [0, 0.1) is 6.92 Å². The zero-order chi connectivity index (χ0) is 33.4. The number of carbonyl (C=O) groups excluding carboxylic acids is 2. The van der Waals surface area contributed by atoms with E-state index in [0.717, 1.165) is 22.3 Å². The minimum absolute atomic E-state index is 0.0446. The van der Waals surface area contributed by atoms with Gasteiger partial charge in [-0.05, 0) is 87.5 Å². The van der Waals surface area contributed by atoms with Crippen LogP contribution in [0.5, 0.6) is 11.5 Å². The summed E-state index contributed by atoms with van der Waals surface area (Å²) in [5.41, 5.74) is 3.06. The van der Waals surface area contributed by atoms with Gasteiger partial charge in [-0.2, -0.15) is 4.31 Å². The van der Waals surface area contributed by atoms with Gasteiger partial charge in [-0.15, -0.1) is 0 Å². The van der Waals surface area contributed by atoms with E-state index in [1.807, 2.05) is 32.9 Å². The minimum atomic E-state index is -3.99. The Balaban J connectivity index is 1.51. The molecule has 11 nitrogen and oxygen atoms in total. The second-order valence-corrected chi connectivity index (χ2v) is 13.2. The molecule has 0 saturated carbocycles. The van der Waals surface area contributed by atoms with Crippen LogP contribution in [0.2, 0.25) is 5.02 Å². The largest absolute Gasteiger partial charge is 0.497 e. The molecule has 0 aliphatic carbocycles. The Morgan fingerprint density at radius 3 is 2.35 bits per heavy atom. The highest BCUT2D eigenvalue weighted by atomic mass is 35.5. The summed E-state index contributed by atoms with van der Waals surface area (Å²) in [6.07, 6.45) is -0.138. The van der Waals surface area contributed by atoms with Crippen LogP contribution in [-0.4, -0.2) is 69.4 Å². The third-order valence-corrected chi connectivity index (χ3v) is 9.17. The highest BCUT2D eigenvalue weighted by Crippen LogP contribution is 2.28. The first-order valence-electron chi connectivity index (χ1n) is 14.6. The predicted molar refractivity (Wildman–Crippen MR) is 181 cm³/mol. The molecule has 3 N–H and O–H groups in total. The van der Waals surface area contributed by atoms with Crippen molar-refractivity contribution in [2.45, 2.75) is 38.1 Å². The quantitative estimate of drug-likeness (QED) is 0.161. The SMILES string of the molecule is COc1ccc(S(=O)(=O)N(CCNc2cc(C)nc3ccc(Cl)cc23)CCC(=O)Nc2ccc(C(=O)NC(C)C)cc2OC)cc1. The lowest BCUT2D eigenvalue weighted by molar-refractivity contribution is -0.116. The first kappa shape index (κ1) is 34.5. The summed E-state index contributed by atoms with van der Waals surface area (Å²) in [6.45, 7) is 5.80. The van der Waals surface area contributed by atoms with Crippen molar-refractivity contribution in [2.24, 2.45) is 0 Å². The van der Waals surface area contributed by atoms with E-state index in [2.05, 4.69) is 20.9 Å². The number of halogens is 1. The van der Waals surface area contributed by atoms with E-state index in [1.165, 1.54) is 36.7 Å². The third kappa shape index (κ3) is 8.65. The molecule has 0 aliphatic heterocycles. The number of hydrogen-bond acceptors (Lipinski definition) is 8. The average molecular weight is 668 g/mol. The molecule has 0 aliphatic rings. The maximum atomic E-state index is 13.8. The van der Waals surface area contributed by atoms with Crippen molar-refractivity contribution in [3.8, 4) is 11.5 Å².